The molecule has 1 aliphatic heterocycles. The summed E-state index contributed by atoms with van der Waals surface area (Å²) < 4.78 is 2.30. The third kappa shape index (κ3) is 1.01. The van der Waals surface area contributed by atoms with Crippen molar-refractivity contribution in [3.8, 4) is 0 Å². The van der Waals surface area contributed by atoms with Crippen molar-refractivity contribution in [1.29, 1.82) is 0 Å². The second-order valence-electron chi connectivity index (χ2n) is 4.33. The van der Waals surface area contributed by atoms with E-state index in [1.54, 1.807) is 0 Å². The van der Waals surface area contributed by atoms with E-state index in [0.29, 0.717) is 5.41 Å². The van der Waals surface area contributed by atoms with Gasteiger partial charge in [0, 0.05) is 18.5 Å². The molecule has 0 bridgehead atoms. The van der Waals surface area contributed by atoms with Gasteiger partial charge in [0.05, 0.1) is 6.54 Å². The molecule has 70 valence electrons. The molecule has 13 heavy (non-hydrogen) atoms. The molecule has 1 aromatic rings. The summed E-state index contributed by atoms with van der Waals surface area (Å²) in [6.07, 6.45) is 2.55. The van der Waals surface area contributed by atoms with E-state index in [1.807, 2.05) is 0 Å². The lowest BCUT2D eigenvalue weighted by Gasteiger charge is -2.18. The van der Waals surface area contributed by atoms with E-state index in [9.17, 15) is 0 Å². The highest BCUT2D eigenvalue weighted by Gasteiger charge is 2.44. The first-order chi connectivity index (χ1) is 6.30. The molecule has 4 nitrogen and oxygen atoms in total. The van der Waals surface area contributed by atoms with Crippen molar-refractivity contribution in [2.75, 3.05) is 6.54 Å². The Balaban J connectivity index is 2.06. The van der Waals surface area contributed by atoms with Gasteiger partial charge in [0.2, 0.25) is 0 Å². The molecule has 1 aromatic heterocycles. The monoisotopic (exact) mass is 178 g/mol. The number of nitrogens with zero attached hydrogens (tertiary/aromatic N) is 3. The zero-order chi connectivity index (χ0) is 8.89. The highest BCUT2D eigenvalue weighted by molar-refractivity contribution is 5.18. The molecule has 1 aliphatic carbocycles. The van der Waals surface area contributed by atoms with Crippen LogP contribution in [0.3, 0.4) is 0 Å². The van der Waals surface area contributed by atoms with Crippen LogP contribution < -0.4 is 5.32 Å². The summed E-state index contributed by atoms with van der Waals surface area (Å²) in [5.74, 6) is 2.32. The highest BCUT2D eigenvalue weighted by Crippen LogP contribution is 2.46. The van der Waals surface area contributed by atoms with Gasteiger partial charge in [0.25, 0.3) is 0 Å². The number of nitrogens with one attached hydrogen (secondary N) is 1. The average Bonchev–Trinajstić information content (AvgIpc) is 2.76. The maximum absolute atomic E-state index is 4.30. The Morgan fingerprint density at radius 3 is 3.00 bits per heavy atom. The number of rotatable bonds is 1. The van der Waals surface area contributed by atoms with Crippen LogP contribution in [0.15, 0.2) is 0 Å². The zero-order valence-electron chi connectivity index (χ0n) is 7.88. The van der Waals surface area contributed by atoms with E-state index in [0.717, 1.165) is 25.5 Å². The van der Waals surface area contributed by atoms with Crippen molar-refractivity contribution < 1.29 is 0 Å². The lowest BCUT2D eigenvalue weighted by atomic mass is 10.1. The molecule has 0 saturated heterocycles. The van der Waals surface area contributed by atoms with Gasteiger partial charge >= 0.3 is 0 Å². The average molecular weight is 178 g/mol. The number of aromatic nitrogens is 3. The molecule has 0 aromatic carbocycles. The fourth-order valence-electron chi connectivity index (χ4n) is 1.95. The molecule has 3 rings (SSSR count). The normalized spacial score (nSPS) is 24.1. The molecule has 0 atom stereocenters. The van der Waals surface area contributed by atoms with E-state index >= 15 is 0 Å². The van der Waals surface area contributed by atoms with Gasteiger partial charge in [0.1, 0.15) is 11.6 Å². The Morgan fingerprint density at radius 1 is 1.38 bits per heavy atom. The van der Waals surface area contributed by atoms with Crippen molar-refractivity contribution >= 4 is 0 Å². The van der Waals surface area contributed by atoms with Gasteiger partial charge in [-0.3, -0.25) is 0 Å². The highest BCUT2D eigenvalue weighted by atomic mass is 15.3. The standard InChI is InChI=1S/C9H14N4/c1-9(2-3-9)8-12-11-7-6-10-4-5-13(7)8/h10H,2-6H2,1H3. The van der Waals surface area contributed by atoms with E-state index in [2.05, 4.69) is 27.0 Å². The predicted octanol–water partition coefficient (Wildman–Crippen LogP) is 0.433. The topological polar surface area (TPSA) is 42.7 Å². The van der Waals surface area contributed by atoms with Crippen LogP contribution in [-0.2, 0) is 18.5 Å². The summed E-state index contributed by atoms with van der Waals surface area (Å²) in [6.45, 7) is 5.25. The van der Waals surface area contributed by atoms with Crippen molar-refractivity contribution in [3.05, 3.63) is 11.6 Å². The fourth-order valence-corrected chi connectivity index (χ4v) is 1.95. The van der Waals surface area contributed by atoms with Gasteiger partial charge in [-0.05, 0) is 12.8 Å². The van der Waals surface area contributed by atoms with Crippen LogP contribution in [0.1, 0.15) is 31.4 Å². The number of hydrogen-bond donors (Lipinski definition) is 1. The summed E-state index contributed by atoms with van der Waals surface area (Å²) in [5.41, 5.74) is 0.350. The molecule has 0 spiro atoms. The minimum absolute atomic E-state index is 0.350. The van der Waals surface area contributed by atoms with Crippen molar-refractivity contribution in [2.24, 2.45) is 0 Å². The second kappa shape index (κ2) is 2.32. The third-order valence-electron chi connectivity index (χ3n) is 3.16. The lowest BCUT2D eigenvalue weighted by molar-refractivity contribution is 0.479. The van der Waals surface area contributed by atoms with Crippen LogP contribution in [0.2, 0.25) is 0 Å². The Labute approximate surface area is 77.4 Å². The maximum Gasteiger partial charge on any atom is 0.147 e. The van der Waals surface area contributed by atoms with Gasteiger partial charge in [-0.2, -0.15) is 0 Å². The van der Waals surface area contributed by atoms with Crippen LogP contribution in [0, 0.1) is 0 Å². The Hall–Kier alpha value is -0.900. The lowest BCUT2D eigenvalue weighted by Crippen LogP contribution is -2.30. The van der Waals surface area contributed by atoms with E-state index in [-0.39, 0.29) is 0 Å². The van der Waals surface area contributed by atoms with Crippen LogP contribution in [0.4, 0.5) is 0 Å². The molecule has 2 aliphatic rings. The van der Waals surface area contributed by atoms with Crippen molar-refractivity contribution in [3.63, 3.8) is 0 Å². The molecular formula is C9H14N4. The van der Waals surface area contributed by atoms with Gasteiger partial charge in [-0.1, -0.05) is 6.92 Å². The van der Waals surface area contributed by atoms with Crippen molar-refractivity contribution in [2.45, 2.75) is 38.3 Å². The minimum Gasteiger partial charge on any atom is -0.312 e. The minimum atomic E-state index is 0.350. The summed E-state index contributed by atoms with van der Waals surface area (Å²) in [7, 11) is 0. The molecule has 1 saturated carbocycles. The summed E-state index contributed by atoms with van der Waals surface area (Å²) in [6, 6.07) is 0. The van der Waals surface area contributed by atoms with Crippen LogP contribution in [0.25, 0.3) is 0 Å². The first kappa shape index (κ1) is 7.50. The molecular weight excluding hydrogens is 164 g/mol. The van der Waals surface area contributed by atoms with E-state index in [4.69, 9.17) is 0 Å². The van der Waals surface area contributed by atoms with Gasteiger partial charge in [-0.25, -0.2) is 0 Å². The quantitative estimate of drug-likeness (QED) is 0.678. The van der Waals surface area contributed by atoms with Crippen LogP contribution in [0.5, 0.6) is 0 Å². The summed E-state index contributed by atoms with van der Waals surface area (Å²) in [5, 5.41) is 11.8. The maximum atomic E-state index is 4.30. The molecule has 4 heteroatoms. The van der Waals surface area contributed by atoms with Crippen molar-refractivity contribution in [1.82, 2.24) is 20.1 Å². The van der Waals surface area contributed by atoms with E-state index < -0.39 is 0 Å². The first-order valence-corrected chi connectivity index (χ1v) is 4.93. The third-order valence-corrected chi connectivity index (χ3v) is 3.16. The largest absolute Gasteiger partial charge is 0.312 e. The predicted molar refractivity (Wildman–Crippen MR) is 48.3 cm³/mol. The van der Waals surface area contributed by atoms with Gasteiger partial charge in [-0.15, -0.1) is 10.2 Å². The van der Waals surface area contributed by atoms with E-state index in [1.165, 1.54) is 18.7 Å². The van der Waals surface area contributed by atoms with Crippen LogP contribution >= 0.6 is 0 Å². The Morgan fingerprint density at radius 2 is 2.23 bits per heavy atom. The number of hydrogen-bond acceptors (Lipinski definition) is 3. The molecule has 1 fully saturated rings. The van der Waals surface area contributed by atoms with Gasteiger partial charge < -0.3 is 9.88 Å². The number of fused-ring (bicyclic) bond motifs is 1. The second-order valence-corrected chi connectivity index (χ2v) is 4.33. The van der Waals surface area contributed by atoms with Gasteiger partial charge in [0.15, 0.2) is 0 Å². The Bertz CT molecular complexity index is 337. The first-order valence-electron chi connectivity index (χ1n) is 4.93. The summed E-state index contributed by atoms with van der Waals surface area (Å²) >= 11 is 0. The molecule has 0 amide bonds. The zero-order valence-corrected chi connectivity index (χ0v) is 7.88. The molecule has 0 unspecified atom stereocenters. The molecule has 2 heterocycles. The summed E-state index contributed by atoms with van der Waals surface area (Å²) in [4.78, 5) is 0. The Kier molecular flexibility index (Phi) is 1.34. The smallest absolute Gasteiger partial charge is 0.147 e. The van der Waals surface area contributed by atoms with Crippen LogP contribution in [-0.4, -0.2) is 21.3 Å². The fraction of sp³-hybridized carbons (Fsp3) is 0.778. The SMILES string of the molecule is CC1(c2nnc3n2CCNC3)CC1. The molecule has 0 radical (unpaired) electrons. The molecule has 1 N–H and O–H groups in total.